The summed E-state index contributed by atoms with van der Waals surface area (Å²) in [5, 5.41) is 0. The van der Waals surface area contributed by atoms with Gasteiger partial charge in [0.25, 0.3) is 0 Å². The normalized spacial score (nSPS) is 15.2. The highest BCUT2D eigenvalue weighted by atomic mass is 19.2. The van der Waals surface area contributed by atoms with Gasteiger partial charge in [-0.2, -0.15) is 0 Å². The van der Waals surface area contributed by atoms with E-state index in [0.29, 0.717) is 0 Å². The SMILES string of the molecule is CC(C)C(F)(CN)Cc1cccc(F)c1F. The first kappa shape index (κ1) is 13.0. The van der Waals surface area contributed by atoms with Crippen molar-refractivity contribution in [3.8, 4) is 0 Å². The maximum absolute atomic E-state index is 14.2. The van der Waals surface area contributed by atoms with Crippen molar-refractivity contribution in [2.45, 2.75) is 25.9 Å². The Kier molecular flexibility index (Phi) is 3.97. The Labute approximate surface area is 93.5 Å². The largest absolute Gasteiger partial charge is 0.328 e. The van der Waals surface area contributed by atoms with Gasteiger partial charge in [0.05, 0.1) is 0 Å². The molecule has 90 valence electrons. The fourth-order valence-corrected chi connectivity index (χ4v) is 1.51. The van der Waals surface area contributed by atoms with Gasteiger partial charge in [-0.05, 0) is 17.5 Å². The van der Waals surface area contributed by atoms with Crippen LogP contribution in [0.1, 0.15) is 19.4 Å². The van der Waals surface area contributed by atoms with E-state index in [2.05, 4.69) is 0 Å². The molecule has 0 radical (unpaired) electrons. The van der Waals surface area contributed by atoms with Crippen LogP contribution >= 0.6 is 0 Å². The smallest absolute Gasteiger partial charge is 0.162 e. The molecular weight excluding hydrogens is 215 g/mol. The molecule has 0 spiro atoms. The molecule has 0 saturated heterocycles. The Balaban J connectivity index is 2.99. The lowest BCUT2D eigenvalue weighted by atomic mass is 9.86. The van der Waals surface area contributed by atoms with Gasteiger partial charge in [-0.15, -0.1) is 0 Å². The summed E-state index contributed by atoms with van der Waals surface area (Å²) < 4.78 is 40.5. The third-order valence-corrected chi connectivity index (χ3v) is 2.89. The molecule has 1 nitrogen and oxygen atoms in total. The minimum absolute atomic E-state index is 0.0293. The van der Waals surface area contributed by atoms with Crippen molar-refractivity contribution in [2.24, 2.45) is 11.7 Å². The molecule has 0 saturated carbocycles. The predicted molar refractivity (Wildman–Crippen MR) is 57.8 cm³/mol. The molecule has 0 bridgehead atoms. The van der Waals surface area contributed by atoms with E-state index in [1.54, 1.807) is 13.8 Å². The quantitative estimate of drug-likeness (QED) is 0.847. The first-order valence-electron chi connectivity index (χ1n) is 5.22. The van der Waals surface area contributed by atoms with Crippen LogP contribution in [0.3, 0.4) is 0 Å². The van der Waals surface area contributed by atoms with Crippen LogP contribution in [-0.4, -0.2) is 12.2 Å². The molecule has 0 fully saturated rings. The van der Waals surface area contributed by atoms with Gasteiger partial charge in [0, 0.05) is 13.0 Å². The average molecular weight is 231 g/mol. The molecule has 2 N–H and O–H groups in total. The molecular formula is C12H16F3N. The summed E-state index contributed by atoms with van der Waals surface area (Å²) in [6.07, 6.45) is -0.204. The topological polar surface area (TPSA) is 26.0 Å². The number of benzene rings is 1. The number of nitrogens with two attached hydrogens (primary N) is 1. The van der Waals surface area contributed by atoms with Crippen molar-refractivity contribution in [1.82, 2.24) is 0 Å². The Morgan fingerprint density at radius 3 is 2.44 bits per heavy atom. The number of alkyl halides is 1. The van der Waals surface area contributed by atoms with E-state index < -0.39 is 17.3 Å². The summed E-state index contributed by atoms with van der Waals surface area (Å²) in [7, 11) is 0. The second kappa shape index (κ2) is 4.87. The summed E-state index contributed by atoms with van der Waals surface area (Å²) >= 11 is 0. The summed E-state index contributed by atoms with van der Waals surface area (Å²) in [5.74, 6) is -2.29. The fraction of sp³-hybridized carbons (Fsp3) is 0.500. The highest BCUT2D eigenvalue weighted by Gasteiger charge is 2.33. The van der Waals surface area contributed by atoms with Crippen LogP contribution in [0.15, 0.2) is 18.2 Å². The third-order valence-electron chi connectivity index (χ3n) is 2.89. The number of halogens is 3. The molecule has 16 heavy (non-hydrogen) atoms. The lowest BCUT2D eigenvalue weighted by Gasteiger charge is -2.28. The summed E-state index contributed by atoms with van der Waals surface area (Å²) in [4.78, 5) is 0. The van der Waals surface area contributed by atoms with Crippen molar-refractivity contribution in [3.05, 3.63) is 35.4 Å². The zero-order chi connectivity index (χ0) is 12.3. The van der Waals surface area contributed by atoms with Crippen molar-refractivity contribution >= 4 is 0 Å². The lowest BCUT2D eigenvalue weighted by Crippen LogP contribution is -2.40. The molecule has 1 atom stereocenters. The minimum Gasteiger partial charge on any atom is -0.328 e. The Morgan fingerprint density at radius 1 is 1.31 bits per heavy atom. The van der Waals surface area contributed by atoms with E-state index in [1.165, 1.54) is 12.1 Å². The number of hydrogen-bond donors (Lipinski definition) is 1. The van der Waals surface area contributed by atoms with Crippen LogP contribution in [0.2, 0.25) is 0 Å². The highest BCUT2D eigenvalue weighted by Crippen LogP contribution is 2.27. The molecule has 4 heteroatoms. The first-order valence-corrected chi connectivity index (χ1v) is 5.22. The van der Waals surface area contributed by atoms with Gasteiger partial charge < -0.3 is 5.73 Å². The monoisotopic (exact) mass is 231 g/mol. The van der Waals surface area contributed by atoms with Crippen molar-refractivity contribution in [2.75, 3.05) is 6.54 Å². The predicted octanol–water partition coefficient (Wildman–Crippen LogP) is 2.83. The molecule has 0 aliphatic heterocycles. The zero-order valence-electron chi connectivity index (χ0n) is 9.43. The molecule has 0 amide bonds. The highest BCUT2D eigenvalue weighted by molar-refractivity contribution is 5.21. The maximum Gasteiger partial charge on any atom is 0.162 e. The van der Waals surface area contributed by atoms with Crippen LogP contribution in [0.5, 0.6) is 0 Å². The molecule has 1 aromatic carbocycles. The second-order valence-electron chi connectivity index (χ2n) is 4.28. The van der Waals surface area contributed by atoms with E-state index in [0.717, 1.165) is 6.07 Å². The van der Waals surface area contributed by atoms with Crippen LogP contribution in [0.25, 0.3) is 0 Å². The number of rotatable bonds is 4. The first-order chi connectivity index (χ1) is 7.40. The maximum atomic E-state index is 14.2. The molecule has 1 rings (SSSR count). The lowest BCUT2D eigenvalue weighted by molar-refractivity contribution is 0.109. The van der Waals surface area contributed by atoms with E-state index in [9.17, 15) is 13.2 Å². The molecule has 1 unspecified atom stereocenters. The van der Waals surface area contributed by atoms with Gasteiger partial charge in [0.1, 0.15) is 5.67 Å². The van der Waals surface area contributed by atoms with Gasteiger partial charge in [-0.3, -0.25) is 0 Å². The van der Waals surface area contributed by atoms with Gasteiger partial charge in [-0.1, -0.05) is 26.0 Å². The van der Waals surface area contributed by atoms with Gasteiger partial charge in [-0.25, -0.2) is 13.2 Å². The molecule has 0 aromatic heterocycles. The average Bonchev–Trinajstić information content (AvgIpc) is 2.24. The van der Waals surface area contributed by atoms with E-state index in [1.807, 2.05) is 0 Å². The van der Waals surface area contributed by atoms with Crippen molar-refractivity contribution in [3.63, 3.8) is 0 Å². The van der Waals surface area contributed by atoms with Crippen molar-refractivity contribution < 1.29 is 13.2 Å². The Morgan fingerprint density at radius 2 is 1.94 bits per heavy atom. The summed E-state index contributed by atoms with van der Waals surface area (Å²) in [5.41, 5.74) is 3.68. The summed E-state index contributed by atoms with van der Waals surface area (Å²) in [6.45, 7) is 3.13. The molecule has 0 aliphatic rings. The molecule has 0 aliphatic carbocycles. The fourth-order valence-electron chi connectivity index (χ4n) is 1.51. The van der Waals surface area contributed by atoms with E-state index in [-0.39, 0.29) is 24.4 Å². The minimum atomic E-state index is -1.70. The van der Waals surface area contributed by atoms with Gasteiger partial charge in [0.15, 0.2) is 11.6 Å². The van der Waals surface area contributed by atoms with E-state index in [4.69, 9.17) is 5.73 Å². The zero-order valence-corrected chi connectivity index (χ0v) is 9.43. The molecule has 0 heterocycles. The van der Waals surface area contributed by atoms with Gasteiger partial charge >= 0.3 is 0 Å². The van der Waals surface area contributed by atoms with Gasteiger partial charge in [0.2, 0.25) is 0 Å². The van der Waals surface area contributed by atoms with Crippen LogP contribution in [0.4, 0.5) is 13.2 Å². The van der Waals surface area contributed by atoms with Crippen molar-refractivity contribution in [1.29, 1.82) is 0 Å². The Bertz CT molecular complexity index is 365. The van der Waals surface area contributed by atoms with Crippen LogP contribution in [-0.2, 0) is 6.42 Å². The van der Waals surface area contributed by atoms with Crippen LogP contribution < -0.4 is 5.73 Å². The van der Waals surface area contributed by atoms with Crippen LogP contribution in [0, 0.1) is 17.6 Å². The third kappa shape index (κ3) is 2.55. The second-order valence-corrected chi connectivity index (χ2v) is 4.28. The molecule has 1 aromatic rings. The summed E-state index contributed by atoms with van der Waals surface area (Å²) in [6, 6.07) is 3.76. The number of hydrogen-bond acceptors (Lipinski definition) is 1. The Hall–Kier alpha value is -1.03. The standard InChI is InChI=1S/C12H16F3N/c1-8(2)12(15,7-16)6-9-4-3-5-10(13)11(9)14/h3-5,8H,6-7,16H2,1-2H3. The van der Waals surface area contributed by atoms with E-state index >= 15 is 0 Å².